The van der Waals surface area contributed by atoms with E-state index in [-0.39, 0.29) is 0 Å². The summed E-state index contributed by atoms with van der Waals surface area (Å²) in [6, 6.07) is 156. The third-order valence-corrected chi connectivity index (χ3v) is 27.4. The number of hydrogen-bond acceptors (Lipinski definition) is 15. The maximum atomic E-state index is 6.01. The van der Waals surface area contributed by atoms with E-state index in [1.807, 2.05) is 291 Å². The van der Waals surface area contributed by atoms with Crippen molar-refractivity contribution in [3.63, 3.8) is 0 Å². The van der Waals surface area contributed by atoms with Gasteiger partial charge in [0.2, 0.25) is 0 Å². The van der Waals surface area contributed by atoms with Gasteiger partial charge in [0.25, 0.3) is 0 Å². The number of pyridine rings is 5. The molecule has 18 aromatic carbocycles. The molecule has 23 rings (SSSR count). The second-order valence-corrected chi connectivity index (χ2v) is 37.7. The summed E-state index contributed by atoms with van der Waals surface area (Å²) in [6.07, 6.45) is 4.60. The lowest BCUT2D eigenvalue weighted by molar-refractivity contribution is 0.461. The van der Waals surface area contributed by atoms with E-state index in [4.69, 9.17) is 37.9 Å². The number of aryl methyl sites for hydroxylation is 5. The van der Waals surface area contributed by atoms with E-state index >= 15 is 0 Å². The highest BCUT2D eigenvalue weighted by Crippen LogP contribution is 2.37. The first kappa shape index (κ1) is 104. The average molecular weight is 2020 g/mol. The third-order valence-electron chi connectivity index (χ3n) is 23.8. The van der Waals surface area contributed by atoms with Crippen LogP contribution in [0.5, 0.6) is 57.5 Å². The summed E-state index contributed by atoms with van der Waals surface area (Å²) < 4.78 is 59.4. The second kappa shape index (κ2) is 53.1. The fourth-order valence-corrected chi connectivity index (χ4v) is 19.4. The molecule has 149 heavy (non-hydrogen) atoms. The topological polar surface area (TPSA) is 157 Å². The summed E-state index contributed by atoms with van der Waals surface area (Å²) >= 11 is -3.45. The number of rotatable bonds is 25. The number of benzene rings is 18. The van der Waals surface area contributed by atoms with Gasteiger partial charge in [0.15, 0.2) is 0 Å². The van der Waals surface area contributed by atoms with Crippen molar-refractivity contribution < 1.29 is 37.9 Å². The van der Waals surface area contributed by atoms with Crippen LogP contribution in [0.25, 0.3) is 142 Å². The Kier molecular flexibility index (Phi) is 37.0. The zero-order chi connectivity index (χ0) is 103. The van der Waals surface area contributed by atoms with E-state index in [0.717, 1.165) is 168 Å². The van der Waals surface area contributed by atoms with E-state index in [9.17, 15) is 0 Å². The van der Waals surface area contributed by atoms with Gasteiger partial charge in [-0.15, -0.1) is 24.2 Å². The van der Waals surface area contributed by atoms with Gasteiger partial charge in [0, 0.05) is 61.0 Å². The molecule has 5 radical (unpaired) electrons. The van der Waals surface area contributed by atoms with Gasteiger partial charge in [-0.05, 0) is 271 Å². The first-order valence-electron chi connectivity index (χ1n) is 48.6. The molecule has 5 aromatic heterocycles. The van der Waals surface area contributed by atoms with E-state index < -0.39 is 79.4 Å². The smallest absolute Gasteiger partial charge is 0.616 e. The van der Waals surface area contributed by atoms with Crippen LogP contribution in [0, 0.1) is 58.8 Å². The van der Waals surface area contributed by atoms with E-state index in [1.165, 1.54) is 60.5 Å². The molecule has 5 heterocycles. The minimum Gasteiger partial charge on any atom is -0.616 e. The first-order chi connectivity index (χ1) is 73.2. The lowest BCUT2D eigenvalue weighted by Crippen LogP contribution is -2.12. The van der Waals surface area contributed by atoms with Crippen LogP contribution in [0.1, 0.15) is 49.2 Å². The molecule has 15 nitrogen and oxygen atoms in total. The van der Waals surface area contributed by atoms with Crippen LogP contribution in [-0.4, -0.2) is 104 Å². The van der Waals surface area contributed by atoms with Gasteiger partial charge in [-0.2, -0.15) is 0 Å². The monoisotopic (exact) mass is 2010 g/mol. The molecular weight excluding hydrogens is 1910 g/mol. The van der Waals surface area contributed by atoms with Crippen molar-refractivity contribution in [2.45, 2.75) is 55.4 Å². The number of nitrogens with zero attached hydrogens (tertiary/aromatic N) is 5. The van der Waals surface area contributed by atoms with Gasteiger partial charge in [-0.1, -0.05) is 328 Å². The normalized spacial score (nSPS) is 10.4. The molecule has 0 N–H and O–H groups in total. The number of terminal acetylenes is 1. The highest BCUT2D eigenvalue weighted by Gasteiger charge is 2.19. The Hall–Kier alpha value is -16.4. The molecule has 0 saturated heterocycles. The molecule has 0 amide bonds. The fraction of sp³-hybridized carbons (Fsp3) is 0.0620. The Bertz CT molecular complexity index is 8600. The van der Waals surface area contributed by atoms with Crippen molar-refractivity contribution in [1.82, 2.24) is 24.9 Å². The molecule has 0 spiro atoms. The van der Waals surface area contributed by atoms with Crippen molar-refractivity contribution in [3.8, 4) is 137 Å². The molecule has 0 atom stereocenters. The summed E-state index contributed by atoms with van der Waals surface area (Å²) in [4.78, 5) is 23.0. The predicted octanol–water partition coefficient (Wildman–Crippen LogP) is 31.1. The van der Waals surface area contributed by atoms with Crippen LogP contribution >= 0.6 is 0 Å². The van der Waals surface area contributed by atoms with Gasteiger partial charge in [0.1, 0.15) is 56.3 Å². The summed E-state index contributed by atoms with van der Waals surface area (Å²) in [5.74, 6) is 15.5. The van der Waals surface area contributed by atoms with Crippen LogP contribution in [0.3, 0.4) is 0 Å². The Labute approximate surface area is 903 Å². The number of fused-ring (bicyclic) bond motifs is 8. The zero-order valence-corrected chi connectivity index (χ0v) is 89.4. The third kappa shape index (κ3) is 28.9. The predicted molar refractivity (Wildman–Crippen MR) is 613 cm³/mol. The summed E-state index contributed by atoms with van der Waals surface area (Å²) in [7, 11) is 0. The maximum Gasteiger partial charge on any atom is 0.881 e. The van der Waals surface area contributed by atoms with Gasteiger partial charge < -0.3 is 37.9 Å². The number of aromatic nitrogens is 5. The van der Waals surface area contributed by atoms with Gasteiger partial charge in [0.05, 0.1) is 28.7 Å². The zero-order valence-electron chi connectivity index (χ0n) is 83.7. The lowest BCUT2D eigenvalue weighted by Gasteiger charge is -2.13. The van der Waals surface area contributed by atoms with Crippen molar-refractivity contribution in [2.24, 2.45) is 0 Å². The van der Waals surface area contributed by atoms with Crippen LogP contribution < -0.4 is 37.9 Å². The van der Waals surface area contributed by atoms with Crippen LogP contribution in [-0.2, 0) is 0 Å². The molecule has 0 aliphatic carbocycles. The molecule has 20 heteroatoms. The molecule has 0 fully saturated rings. The number of hydrogen-bond donors (Lipinski definition) is 0. The Morgan fingerprint density at radius 1 is 0.174 bits per heavy atom. The summed E-state index contributed by atoms with van der Waals surface area (Å²) in [5.41, 5.74) is 21.0. The van der Waals surface area contributed by atoms with Crippen LogP contribution in [0.15, 0.2) is 461 Å². The SMILES string of the molecule is C#CC.CC#CC.Cc1ccc2cccc([O][Al][O]c3ccc(-c4ccccc4)cc3)c2n1.Cc1ccc2cccc([O][Al][O]c3ccc4cc(-c5ccc6ccccc6c5)ccc4c3)c2n1.Cc1ccc2cccc([O][Al][O]c3ccc4cc(-c5ccccc5)ccc4c3)c2n1.Cc1ccc2cccc([O][Al][O]c3cccc(-c4ccccc4)c3)c2n1.Cc1ccc2cccc([O][Al][O]c3ccccc3-c3ccccc3)c2n1. The molecule has 0 unspecified atom stereocenters. The quantitative estimate of drug-likeness (QED) is 0.0393. The first-order valence-corrected chi connectivity index (χ1v) is 53.3. The van der Waals surface area contributed by atoms with E-state index in [1.54, 1.807) is 6.92 Å². The second-order valence-electron chi connectivity index (χ2n) is 34.4. The minimum atomic E-state index is -0.709. The van der Waals surface area contributed by atoms with Crippen LogP contribution in [0.2, 0.25) is 0 Å². The molecule has 0 saturated carbocycles. The van der Waals surface area contributed by atoms with Gasteiger partial charge >= 0.3 is 79.4 Å². The fourth-order valence-electron chi connectivity index (χ4n) is 16.3. The molecule has 0 bridgehead atoms. The molecule has 23 aromatic rings. The Morgan fingerprint density at radius 2 is 0.396 bits per heavy atom. The molecule has 0 aliphatic heterocycles. The average Bonchev–Trinajstić information content (AvgIpc) is 0.798. The van der Waals surface area contributed by atoms with E-state index in [2.05, 4.69) is 267 Å². The summed E-state index contributed by atoms with van der Waals surface area (Å²) in [6.45, 7) is 15.2. The van der Waals surface area contributed by atoms with Crippen molar-refractivity contribution >= 4 is 166 Å². The maximum absolute atomic E-state index is 6.01. The molecule has 717 valence electrons. The van der Waals surface area contributed by atoms with Crippen LogP contribution in [0.4, 0.5) is 0 Å². The Morgan fingerprint density at radius 3 is 0.772 bits per heavy atom. The number of para-hydroxylation sites is 6. The standard InChI is InChI=1S/C20H14O.C16H12O.3C12H10O.5C10H9NO.C4H6.C3H4.5Al/c21-20-10-9-18-12-17(7-8-19(18)13-20)16-6-5-14-3-1-2-4-15(14)11-16;17-16-9-8-14-10-13(6-7-15(14)11-16)12-4-2-1-3-5-12;13-12-9-5-4-8-11(12)10-6-2-1-3-7-10;13-12-8-4-7-11(9-12)10-5-2-1-3-6-10;13-12-8-6-11(7-9-12)10-4-2-1-3-5-10;5*1-7-5-6-8-3-2-4-9(12)10(8)11-7;1-3-4-2;1-3-2;;;;;/h1-13,21H;1-11,17H;3*1-9,13H;5*2-6,12H,1H3;1-2H3;1H,2H3;;;;;/q;;;;;;;;;;;;5*+2/p-10. The summed E-state index contributed by atoms with van der Waals surface area (Å²) in [5, 5.41) is 12.5. The van der Waals surface area contributed by atoms with E-state index in [0.29, 0.717) is 0 Å². The van der Waals surface area contributed by atoms with Gasteiger partial charge in [-0.25, -0.2) is 24.9 Å². The highest BCUT2D eigenvalue weighted by atomic mass is 27.2. The highest BCUT2D eigenvalue weighted by molar-refractivity contribution is 6.23. The molecular formula is C129H101Al5N5O10. The van der Waals surface area contributed by atoms with Crippen molar-refractivity contribution in [2.75, 3.05) is 0 Å². The van der Waals surface area contributed by atoms with Crippen molar-refractivity contribution in [3.05, 3.63) is 490 Å². The largest absolute Gasteiger partial charge is 0.881 e. The molecule has 0 aliphatic rings. The minimum absolute atomic E-state index is 0.665. The van der Waals surface area contributed by atoms with Gasteiger partial charge in [-0.3, -0.25) is 0 Å². The Balaban J connectivity index is 0.000000125. The lowest BCUT2D eigenvalue weighted by atomic mass is 9.98. The van der Waals surface area contributed by atoms with Crippen molar-refractivity contribution in [1.29, 1.82) is 0 Å².